The smallest absolute Gasteiger partial charge is 0.437 e. The van der Waals surface area contributed by atoms with Crippen LogP contribution in [0.5, 0.6) is 11.8 Å². The molecule has 15 heavy (non-hydrogen) atoms. The van der Waals surface area contributed by atoms with Crippen LogP contribution in [-0.2, 0) is 9.47 Å². The first-order valence-electron chi connectivity index (χ1n) is 3.60. The Morgan fingerprint density at radius 1 is 1.13 bits per heavy atom. The number of nitrogens with zero attached hydrogens (tertiary/aromatic N) is 2. The maximum Gasteiger partial charge on any atom is 0.515 e. The standard InChI is InChI=1S/C6H7N3O6/c1-12-5(10)14-3-4(8-9-7-3)15-6(11)13-2/h1-2H3,(H,7,8,9). The topological polar surface area (TPSA) is 113 Å². The van der Waals surface area contributed by atoms with Crippen LogP contribution < -0.4 is 9.47 Å². The Bertz CT molecular complexity index is 329. The number of aromatic nitrogens is 3. The second-order valence-corrected chi connectivity index (χ2v) is 2.06. The summed E-state index contributed by atoms with van der Waals surface area (Å²) in [6.45, 7) is 0. The minimum absolute atomic E-state index is 0.257. The van der Waals surface area contributed by atoms with Gasteiger partial charge in [-0.15, -0.1) is 0 Å². The highest BCUT2D eigenvalue weighted by molar-refractivity contribution is 5.66. The fraction of sp³-hybridized carbons (Fsp3) is 0.333. The van der Waals surface area contributed by atoms with Gasteiger partial charge in [0.25, 0.3) is 5.88 Å². The van der Waals surface area contributed by atoms with Crippen molar-refractivity contribution in [2.75, 3.05) is 14.2 Å². The summed E-state index contributed by atoms with van der Waals surface area (Å²) >= 11 is 0. The van der Waals surface area contributed by atoms with Gasteiger partial charge >= 0.3 is 18.2 Å². The molecule has 9 nitrogen and oxygen atoms in total. The minimum atomic E-state index is -1.02. The largest absolute Gasteiger partial charge is 0.515 e. The van der Waals surface area contributed by atoms with E-state index in [1.807, 2.05) is 0 Å². The Morgan fingerprint density at radius 3 is 2.33 bits per heavy atom. The van der Waals surface area contributed by atoms with Crippen LogP contribution in [0.1, 0.15) is 0 Å². The minimum Gasteiger partial charge on any atom is -0.437 e. The van der Waals surface area contributed by atoms with Crippen LogP contribution in [0.3, 0.4) is 0 Å². The molecule has 0 spiro atoms. The van der Waals surface area contributed by atoms with Gasteiger partial charge in [0.15, 0.2) is 0 Å². The van der Waals surface area contributed by atoms with Gasteiger partial charge in [0, 0.05) is 0 Å². The lowest BCUT2D eigenvalue weighted by Gasteiger charge is -2.01. The summed E-state index contributed by atoms with van der Waals surface area (Å²) in [6.07, 6.45) is -2.02. The average Bonchev–Trinajstić information content (AvgIpc) is 2.65. The van der Waals surface area contributed by atoms with Gasteiger partial charge in [0.1, 0.15) is 0 Å². The van der Waals surface area contributed by atoms with Crippen LogP contribution in [0.4, 0.5) is 9.59 Å². The summed E-state index contributed by atoms with van der Waals surface area (Å²) < 4.78 is 17.4. The highest BCUT2D eigenvalue weighted by Gasteiger charge is 2.17. The van der Waals surface area contributed by atoms with Gasteiger partial charge in [-0.1, -0.05) is 10.3 Å². The number of H-pyrrole nitrogens is 1. The summed E-state index contributed by atoms with van der Waals surface area (Å²) in [4.78, 5) is 21.4. The molecule has 1 aromatic rings. The number of hydrogen-bond donors (Lipinski definition) is 1. The first-order chi connectivity index (χ1) is 7.17. The van der Waals surface area contributed by atoms with Crippen molar-refractivity contribution in [1.29, 1.82) is 0 Å². The van der Waals surface area contributed by atoms with E-state index in [9.17, 15) is 9.59 Å². The molecule has 0 aliphatic rings. The van der Waals surface area contributed by atoms with Crippen molar-refractivity contribution in [3.8, 4) is 11.8 Å². The molecule has 0 aliphatic carbocycles. The van der Waals surface area contributed by atoms with E-state index in [-0.39, 0.29) is 11.8 Å². The molecule has 1 N–H and O–H groups in total. The fourth-order valence-electron chi connectivity index (χ4n) is 0.588. The number of methoxy groups -OCH3 is 2. The van der Waals surface area contributed by atoms with E-state index in [2.05, 4.69) is 34.4 Å². The maximum absolute atomic E-state index is 10.7. The molecule has 1 heterocycles. The third kappa shape index (κ3) is 2.83. The van der Waals surface area contributed by atoms with Gasteiger partial charge in [0.2, 0.25) is 0 Å². The molecule has 0 aliphatic heterocycles. The molecule has 0 unspecified atom stereocenters. The summed E-state index contributed by atoms with van der Waals surface area (Å²) in [5.74, 6) is -0.584. The number of carbonyl (C=O) groups is 2. The van der Waals surface area contributed by atoms with E-state index in [0.717, 1.165) is 14.2 Å². The predicted molar refractivity (Wildman–Crippen MR) is 42.4 cm³/mol. The lowest BCUT2D eigenvalue weighted by Crippen LogP contribution is -2.11. The van der Waals surface area contributed by atoms with Gasteiger partial charge in [-0.2, -0.15) is 0 Å². The predicted octanol–water partition coefficient (Wildman–Crippen LogP) is 0.0951. The Balaban J connectivity index is 2.69. The normalized spacial score (nSPS) is 9.20. The van der Waals surface area contributed by atoms with Crippen molar-refractivity contribution in [3.05, 3.63) is 0 Å². The van der Waals surface area contributed by atoms with Crippen LogP contribution in [0, 0.1) is 0 Å². The molecular formula is C6H7N3O6. The zero-order valence-electron chi connectivity index (χ0n) is 7.84. The SMILES string of the molecule is COC(=O)Oc1nn[nH]c1OC(=O)OC. The Hall–Kier alpha value is -2.32. The van der Waals surface area contributed by atoms with E-state index in [0.29, 0.717) is 0 Å². The fourth-order valence-corrected chi connectivity index (χ4v) is 0.588. The van der Waals surface area contributed by atoms with Gasteiger partial charge in [-0.05, 0) is 0 Å². The summed E-state index contributed by atoms with van der Waals surface area (Å²) in [7, 11) is 2.23. The zero-order valence-corrected chi connectivity index (χ0v) is 7.84. The zero-order chi connectivity index (χ0) is 11.3. The first kappa shape index (κ1) is 10.8. The van der Waals surface area contributed by atoms with Crippen LogP contribution in [0.15, 0.2) is 0 Å². The summed E-state index contributed by atoms with van der Waals surface area (Å²) in [5, 5.41) is 8.77. The van der Waals surface area contributed by atoms with E-state index in [1.54, 1.807) is 0 Å². The summed E-state index contributed by atoms with van der Waals surface area (Å²) in [5.41, 5.74) is 0. The molecule has 0 aromatic carbocycles. The lowest BCUT2D eigenvalue weighted by atomic mass is 10.8. The molecule has 1 rings (SSSR count). The third-order valence-electron chi connectivity index (χ3n) is 1.19. The van der Waals surface area contributed by atoms with Crippen molar-refractivity contribution in [2.24, 2.45) is 0 Å². The second kappa shape index (κ2) is 4.79. The van der Waals surface area contributed by atoms with Crippen LogP contribution in [-0.4, -0.2) is 41.9 Å². The first-order valence-corrected chi connectivity index (χ1v) is 3.60. The van der Waals surface area contributed by atoms with Crippen molar-refractivity contribution < 1.29 is 28.5 Å². The van der Waals surface area contributed by atoms with Crippen molar-refractivity contribution >= 4 is 12.3 Å². The van der Waals surface area contributed by atoms with Crippen LogP contribution >= 0.6 is 0 Å². The van der Waals surface area contributed by atoms with Gasteiger partial charge in [0.05, 0.1) is 14.2 Å². The van der Waals surface area contributed by atoms with Crippen molar-refractivity contribution in [3.63, 3.8) is 0 Å². The van der Waals surface area contributed by atoms with E-state index in [4.69, 9.17) is 0 Å². The monoisotopic (exact) mass is 217 g/mol. The van der Waals surface area contributed by atoms with E-state index >= 15 is 0 Å². The Kier molecular flexibility index (Phi) is 3.43. The quantitative estimate of drug-likeness (QED) is 0.693. The van der Waals surface area contributed by atoms with Crippen LogP contribution in [0.2, 0.25) is 0 Å². The molecule has 0 fully saturated rings. The Labute approximate surface area is 83.3 Å². The number of rotatable bonds is 2. The lowest BCUT2D eigenvalue weighted by molar-refractivity contribution is 0.108. The van der Waals surface area contributed by atoms with Crippen LogP contribution in [0.25, 0.3) is 0 Å². The second-order valence-electron chi connectivity index (χ2n) is 2.06. The van der Waals surface area contributed by atoms with Gasteiger partial charge < -0.3 is 18.9 Å². The number of hydrogen-bond acceptors (Lipinski definition) is 8. The average molecular weight is 217 g/mol. The van der Waals surface area contributed by atoms with Crippen molar-refractivity contribution in [1.82, 2.24) is 15.4 Å². The van der Waals surface area contributed by atoms with Gasteiger partial charge in [-0.3, -0.25) is 0 Å². The molecule has 82 valence electrons. The molecule has 0 radical (unpaired) electrons. The van der Waals surface area contributed by atoms with Crippen molar-refractivity contribution in [2.45, 2.75) is 0 Å². The molecular weight excluding hydrogens is 210 g/mol. The number of carbonyl (C=O) groups excluding carboxylic acids is 2. The molecule has 0 atom stereocenters. The molecule has 0 saturated carbocycles. The molecule has 9 heteroatoms. The van der Waals surface area contributed by atoms with E-state index < -0.39 is 12.3 Å². The number of nitrogens with one attached hydrogen (secondary N) is 1. The highest BCUT2D eigenvalue weighted by Crippen LogP contribution is 2.20. The highest BCUT2D eigenvalue weighted by atomic mass is 16.7. The maximum atomic E-state index is 10.7. The Morgan fingerprint density at radius 2 is 1.73 bits per heavy atom. The molecule has 0 amide bonds. The molecule has 0 saturated heterocycles. The molecule has 0 bridgehead atoms. The van der Waals surface area contributed by atoms with Gasteiger partial charge in [-0.25, -0.2) is 14.7 Å². The summed E-state index contributed by atoms with van der Waals surface area (Å²) in [6, 6.07) is 0. The number of ether oxygens (including phenoxy) is 4. The van der Waals surface area contributed by atoms with E-state index in [1.165, 1.54) is 0 Å². The third-order valence-corrected chi connectivity index (χ3v) is 1.19. The number of aromatic amines is 1. The molecule has 1 aromatic heterocycles.